The molecule has 2 aliphatic carbocycles. The number of carbonyl (C=O) groups is 1. The summed E-state index contributed by atoms with van der Waals surface area (Å²) in [5, 5.41) is 7.39. The number of nitrogens with one attached hydrogen (secondary N) is 1. The summed E-state index contributed by atoms with van der Waals surface area (Å²) in [6.45, 7) is 0. The number of rotatable bonds is 4. The van der Waals surface area contributed by atoms with E-state index in [0.29, 0.717) is 28.5 Å². The molecular weight excluding hydrogens is 340 g/mol. The Labute approximate surface area is 147 Å². The average Bonchev–Trinajstić information content (AvgIpc) is 3.54. The Morgan fingerprint density at radius 2 is 1.85 bits per heavy atom. The first kappa shape index (κ1) is 15.4. The Balaban J connectivity index is 1.58. The highest BCUT2D eigenvalue weighted by atomic mass is 19.2. The maximum Gasteiger partial charge on any atom is 0.259 e. The average molecular weight is 355 g/mol. The monoisotopic (exact) mass is 355 g/mol. The third-order valence-electron chi connectivity index (χ3n) is 4.87. The van der Waals surface area contributed by atoms with E-state index in [-0.39, 0.29) is 5.69 Å². The fourth-order valence-electron chi connectivity index (χ4n) is 3.17. The summed E-state index contributed by atoms with van der Waals surface area (Å²) in [5.41, 5.74) is 2.55. The molecule has 0 spiro atoms. The molecule has 2 fully saturated rings. The molecule has 7 heteroatoms. The van der Waals surface area contributed by atoms with Gasteiger partial charge in [-0.1, -0.05) is 5.16 Å². The lowest BCUT2D eigenvalue weighted by Gasteiger charge is -2.08. The van der Waals surface area contributed by atoms with Crippen LogP contribution in [0.3, 0.4) is 0 Å². The molecule has 2 heterocycles. The van der Waals surface area contributed by atoms with Gasteiger partial charge in [-0.25, -0.2) is 13.8 Å². The highest BCUT2D eigenvalue weighted by Crippen LogP contribution is 2.45. The second-order valence-corrected chi connectivity index (χ2v) is 6.97. The first-order valence-corrected chi connectivity index (χ1v) is 8.67. The quantitative estimate of drug-likeness (QED) is 0.748. The number of hydrogen-bond donors (Lipinski definition) is 1. The maximum atomic E-state index is 13.4. The molecule has 1 N–H and O–H groups in total. The molecule has 0 bridgehead atoms. The minimum atomic E-state index is -1.01. The number of amides is 1. The molecular formula is C19H15F2N3O2. The predicted octanol–water partition coefficient (Wildman–Crippen LogP) is 4.51. The first-order valence-electron chi connectivity index (χ1n) is 8.67. The summed E-state index contributed by atoms with van der Waals surface area (Å²) in [5.74, 6) is -1.75. The summed E-state index contributed by atoms with van der Waals surface area (Å²) in [6.07, 6.45) is 4.09. The number of aromatic nitrogens is 2. The van der Waals surface area contributed by atoms with Gasteiger partial charge in [0.1, 0.15) is 0 Å². The van der Waals surface area contributed by atoms with E-state index >= 15 is 0 Å². The van der Waals surface area contributed by atoms with Crippen LogP contribution in [0.1, 0.15) is 59.3 Å². The van der Waals surface area contributed by atoms with Crippen LogP contribution in [-0.4, -0.2) is 16.0 Å². The summed E-state index contributed by atoms with van der Waals surface area (Å²) in [7, 11) is 0. The molecule has 0 unspecified atom stereocenters. The fraction of sp³-hybridized carbons (Fsp3) is 0.316. The van der Waals surface area contributed by atoms with E-state index in [2.05, 4.69) is 15.5 Å². The maximum absolute atomic E-state index is 13.4. The summed E-state index contributed by atoms with van der Waals surface area (Å²) in [6, 6.07) is 5.05. The highest BCUT2D eigenvalue weighted by Gasteiger charge is 2.34. The molecule has 2 aliphatic rings. The number of hydrogen-bond acceptors (Lipinski definition) is 4. The van der Waals surface area contributed by atoms with Gasteiger partial charge in [0.2, 0.25) is 0 Å². The molecule has 2 aromatic heterocycles. The van der Waals surface area contributed by atoms with Crippen molar-refractivity contribution >= 4 is 22.7 Å². The van der Waals surface area contributed by atoms with Crippen LogP contribution >= 0.6 is 0 Å². The molecule has 1 amide bonds. The van der Waals surface area contributed by atoms with E-state index in [4.69, 9.17) is 4.52 Å². The Hall–Kier alpha value is -2.83. The van der Waals surface area contributed by atoms with Gasteiger partial charge < -0.3 is 9.84 Å². The number of nitrogens with zero attached hydrogens (tertiary/aromatic N) is 2. The van der Waals surface area contributed by atoms with Crippen LogP contribution in [0.5, 0.6) is 0 Å². The lowest BCUT2D eigenvalue weighted by Crippen LogP contribution is -2.14. The number of anilines is 1. The molecule has 132 valence electrons. The van der Waals surface area contributed by atoms with E-state index in [1.165, 1.54) is 6.07 Å². The lowest BCUT2D eigenvalue weighted by molar-refractivity contribution is 0.102. The van der Waals surface area contributed by atoms with E-state index in [9.17, 15) is 13.6 Å². The standard InChI is InChI=1S/C19H15F2N3O2/c20-13-6-5-11(7-14(13)21)22-18(25)12-8-15(9-1-2-9)23-19-16(12)17(24-26-19)10-3-4-10/h5-10H,1-4H2,(H,22,25). The fourth-order valence-corrected chi connectivity index (χ4v) is 3.17. The van der Waals surface area contributed by atoms with Gasteiger partial charge in [-0.3, -0.25) is 4.79 Å². The van der Waals surface area contributed by atoms with E-state index < -0.39 is 17.5 Å². The molecule has 5 nitrogen and oxygen atoms in total. The number of halogens is 2. The number of benzene rings is 1. The van der Waals surface area contributed by atoms with Crippen LogP contribution in [0.4, 0.5) is 14.5 Å². The van der Waals surface area contributed by atoms with Crippen molar-refractivity contribution in [1.82, 2.24) is 10.1 Å². The van der Waals surface area contributed by atoms with E-state index in [1.807, 2.05) is 0 Å². The van der Waals surface area contributed by atoms with Gasteiger partial charge in [0.25, 0.3) is 11.6 Å². The van der Waals surface area contributed by atoms with Crippen LogP contribution in [0.25, 0.3) is 11.1 Å². The SMILES string of the molecule is O=C(Nc1ccc(F)c(F)c1)c1cc(C2CC2)nc2onc(C3CC3)c12. The largest absolute Gasteiger partial charge is 0.335 e. The van der Waals surface area contributed by atoms with Crippen LogP contribution < -0.4 is 5.32 Å². The van der Waals surface area contributed by atoms with Crippen molar-refractivity contribution in [3.05, 3.63) is 52.9 Å². The van der Waals surface area contributed by atoms with Crippen molar-refractivity contribution < 1.29 is 18.1 Å². The van der Waals surface area contributed by atoms with Crippen LogP contribution in [0.2, 0.25) is 0 Å². The zero-order chi connectivity index (χ0) is 17.8. The van der Waals surface area contributed by atoms with Gasteiger partial charge in [-0.05, 0) is 43.9 Å². The second-order valence-electron chi connectivity index (χ2n) is 6.97. The molecule has 5 rings (SSSR count). The molecule has 0 aliphatic heterocycles. The first-order chi connectivity index (χ1) is 12.6. The van der Waals surface area contributed by atoms with Gasteiger partial charge in [-0.2, -0.15) is 0 Å². The molecule has 26 heavy (non-hydrogen) atoms. The normalized spacial score (nSPS) is 16.8. The zero-order valence-corrected chi connectivity index (χ0v) is 13.8. The molecule has 0 atom stereocenters. The molecule has 0 saturated heterocycles. The Bertz CT molecular complexity index is 1040. The Morgan fingerprint density at radius 1 is 1.08 bits per heavy atom. The minimum absolute atomic E-state index is 0.191. The second kappa shape index (κ2) is 5.59. The summed E-state index contributed by atoms with van der Waals surface area (Å²) >= 11 is 0. The topological polar surface area (TPSA) is 68.0 Å². The molecule has 2 saturated carbocycles. The molecule has 3 aromatic rings. The van der Waals surface area contributed by atoms with Gasteiger partial charge in [-0.15, -0.1) is 0 Å². The molecule has 0 radical (unpaired) electrons. The summed E-state index contributed by atoms with van der Waals surface area (Å²) in [4.78, 5) is 17.4. The predicted molar refractivity (Wildman–Crippen MR) is 90.1 cm³/mol. The van der Waals surface area contributed by atoms with Gasteiger partial charge >= 0.3 is 0 Å². The zero-order valence-electron chi connectivity index (χ0n) is 13.8. The molecule has 1 aromatic carbocycles. The Morgan fingerprint density at radius 3 is 2.54 bits per heavy atom. The van der Waals surface area contributed by atoms with Gasteiger partial charge in [0.05, 0.1) is 16.6 Å². The van der Waals surface area contributed by atoms with E-state index in [1.54, 1.807) is 6.07 Å². The van der Waals surface area contributed by atoms with Crippen molar-refractivity contribution in [1.29, 1.82) is 0 Å². The van der Waals surface area contributed by atoms with Gasteiger partial charge in [0.15, 0.2) is 11.6 Å². The third kappa shape index (κ3) is 2.64. The lowest BCUT2D eigenvalue weighted by atomic mass is 10.0. The number of fused-ring (bicyclic) bond motifs is 1. The van der Waals surface area contributed by atoms with Crippen LogP contribution in [0.15, 0.2) is 28.8 Å². The van der Waals surface area contributed by atoms with Crippen molar-refractivity contribution in [2.75, 3.05) is 5.32 Å². The van der Waals surface area contributed by atoms with Crippen molar-refractivity contribution in [2.24, 2.45) is 0 Å². The van der Waals surface area contributed by atoms with Crippen LogP contribution in [-0.2, 0) is 0 Å². The van der Waals surface area contributed by atoms with Crippen molar-refractivity contribution in [3.63, 3.8) is 0 Å². The minimum Gasteiger partial charge on any atom is -0.335 e. The van der Waals surface area contributed by atoms with Crippen LogP contribution in [0, 0.1) is 11.6 Å². The summed E-state index contributed by atoms with van der Waals surface area (Å²) < 4.78 is 31.9. The van der Waals surface area contributed by atoms with E-state index in [0.717, 1.165) is 49.2 Å². The number of pyridine rings is 1. The van der Waals surface area contributed by atoms with Crippen molar-refractivity contribution in [2.45, 2.75) is 37.5 Å². The van der Waals surface area contributed by atoms with Crippen molar-refractivity contribution in [3.8, 4) is 0 Å². The third-order valence-corrected chi connectivity index (χ3v) is 4.87. The Kier molecular flexibility index (Phi) is 3.32. The smallest absolute Gasteiger partial charge is 0.259 e. The van der Waals surface area contributed by atoms with Gasteiger partial charge in [0, 0.05) is 29.3 Å². The number of carbonyl (C=O) groups excluding carboxylic acids is 1. The highest BCUT2D eigenvalue weighted by molar-refractivity contribution is 6.12.